The molecule has 0 bridgehead atoms. The van der Waals surface area contributed by atoms with Crippen molar-refractivity contribution in [1.82, 2.24) is 10.2 Å². The van der Waals surface area contributed by atoms with Gasteiger partial charge < -0.3 is 10.2 Å². The molecule has 1 fully saturated rings. The molecule has 108 valence electrons. The summed E-state index contributed by atoms with van der Waals surface area (Å²) in [4.78, 5) is 25.0. The number of nitrogens with zero attached hydrogens (tertiary/aromatic N) is 1. The predicted molar refractivity (Wildman–Crippen MR) is 76.6 cm³/mol. The van der Waals surface area contributed by atoms with Crippen molar-refractivity contribution in [3.8, 4) is 0 Å². The summed E-state index contributed by atoms with van der Waals surface area (Å²) in [5.74, 6) is -0.328. The highest BCUT2D eigenvalue weighted by Crippen LogP contribution is 2.19. The molecule has 2 rings (SSSR count). The number of nitrogens with one attached hydrogen (secondary N) is 1. The lowest BCUT2D eigenvalue weighted by molar-refractivity contribution is -0.131. The highest BCUT2D eigenvalue weighted by Gasteiger charge is 2.18. The van der Waals surface area contributed by atoms with Gasteiger partial charge in [0.25, 0.3) is 0 Å². The summed E-state index contributed by atoms with van der Waals surface area (Å²) in [6, 6.07) is 4.45. The van der Waals surface area contributed by atoms with E-state index in [1.165, 1.54) is 12.1 Å². The molecule has 0 saturated carbocycles. The Morgan fingerprint density at radius 2 is 2.20 bits per heavy atom. The largest absolute Gasteiger partial charge is 0.354 e. The van der Waals surface area contributed by atoms with Crippen molar-refractivity contribution in [2.45, 2.75) is 19.3 Å². The SMILES string of the molecule is O=C1CCN(C(=O)CCc2cc(F)ccc2Br)CCN1. The molecule has 1 N–H and O–H groups in total. The molecule has 0 aromatic heterocycles. The van der Waals surface area contributed by atoms with Crippen LogP contribution in [0.1, 0.15) is 18.4 Å². The molecule has 0 atom stereocenters. The Balaban J connectivity index is 1.91. The second-order valence-electron chi connectivity index (χ2n) is 4.72. The molecule has 20 heavy (non-hydrogen) atoms. The summed E-state index contributed by atoms with van der Waals surface area (Å²) < 4.78 is 14.0. The zero-order chi connectivity index (χ0) is 14.5. The van der Waals surface area contributed by atoms with Gasteiger partial charge >= 0.3 is 0 Å². The average Bonchev–Trinajstić information content (AvgIpc) is 2.64. The van der Waals surface area contributed by atoms with Crippen LogP contribution >= 0.6 is 15.9 Å². The fourth-order valence-electron chi connectivity index (χ4n) is 2.15. The van der Waals surface area contributed by atoms with E-state index in [0.717, 1.165) is 10.0 Å². The lowest BCUT2D eigenvalue weighted by atomic mass is 10.1. The van der Waals surface area contributed by atoms with E-state index in [1.54, 1.807) is 11.0 Å². The van der Waals surface area contributed by atoms with Crippen LogP contribution in [0.2, 0.25) is 0 Å². The summed E-state index contributed by atoms with van der Waals surface area (Å²) in [6.45, 7) is 1.48. The highest BCUT2D eigenvalue weighted by molar-refractivity contribution is 9.10. The molecule has 0 aliphatic carbocycles. The van der Waals surface area contributed by atoms with Gasteiger partial charge in [-0.3, -0.25) is 9.59 Å². The van der Waals surface area contributed by atoms with Crippen molar-refractivity contribution >= 4 is 27.7 Å². The van der Waals surface area contributed by atoms with Crippen molar-refractivity contribution in [2.75, 3.05) is 19.6 Å². The summed E-state index contributed by atoms with van der Waals surface area (Å²) in [7, 11) is 0. The Labute approximate surface area is 125 Å². The van der Waals surface area contributed by atoms with Crippen LogP contribution in [-0.4, -0.2) is 36.3 Å². The number of halogens is 2. The zero-order valence-corrected chi connectivity index (χ0v) is 12.6. The van der Waals surface area contributed by atoms with Crippen molar-refractivity contribution < 1.29 is 14.0 Å². The van der Waals surface area contributed by atoms with E-state index >= 15 is 0 Å². The number of amides is 2. The zero-order valence-electron chi connectivity index (χ0n) is 11.0. The first kappa shape index (κ1) is 15.0. The van der Waals surface area contributed by atoms with E-state index in [9.17, 15) is 14.0 Å². The van der Waals surface area contributed by atoms with Gasteiger partial charge in [-0.05, 0) is 30.2 Å². The van der Waals surface area contributed by atoms with Gasteiger partial charge in [0.05, 0.1) is 0 Å². The van der Waals surface area contributed by atoms with Gasteiger partial charge in [0, 0.05) is 36.9 Å². The van der Waals surface area contributed by atoms with E-state index in [4.69, 9.17) is 0 Å². The quantitative estimate of drug-likeness (QED) is 0.911. The van der Waals surface area contributed by atoms with Gasteiger partial charge in [-0.25, -0.2) is 4.39 Å². The van der Waals surface area contributed by atoms with Crippen LogP contribution in [0.15, 0.2) is 22.7 Å². The number of hydrogen-bond donors (Lipinski definition) is 1. The molecule has 1 aliphatic rings. The Kier molecular flexibility index (Phi) is 5.11. The van der Waals surface area contributed by atoms with Crippen LogP contribution in [0.3, 0.4) is 0 Å². The Hall–Kier alpha value is -1.43. The summed E-state index contributed by atoms with van der Waals surface area (Å²) in [5.41, 5.74) is 0.780. The highest BCUT2D eigenvalue weighted by atomic mass is 79.9. The smallest absolute Gasteiger partial charge is 0.222 e. The Bertz CT molecular complexity index is 522. The normalized spacial score (nSPS) is 15.7. The number of carbonyl (C=O) groups is 2. The van der Waals surface area contributed by atoms with Gasteiger partial charge in [0.2, 0.25) is 11.8 Å². The lowest BCUT2D eigenvalue weighted by Crippen LogP contribution is -2.34. The summed E-state index contributed by atoms with van der Waals surface area (Å²) >= 11 is 3.35. The van der Waals surface area contributed by atoms with E-state index in [-0.39, 0.29) is 17.6 Å². The molecular weight excluding hydrogens is 327 g/mol. The third-order valence-electron chi connectivity index (χ3n) is 3.28. The molecule has 0 spiro atoms. The molecular formula is C14H16BrFN2O2. The van der Waals surface area contributed by atoms with Crippen molar-refractivity contribution in [3.63, 3.8) is 0 Å². The molecule has 6 heteroatoms. The molecule has 1 aromatic rings. The van der Waals surface area contributed by atoms with Gasteiger partial charge in [-0.2, -0.15) is 0 Å². The third kappa shape index (κ3) is 4.03. The molecule has 1 aliphatic heterocycles. The maximum absolute atomic E-state index is 13.2. The molecule has 4 nitrogen and oxygen atoms in total. The van der Waals surface area contributed by atoms with Crippen LogP contribution in [-0.2, 0) is 16.0 Å². The first-order valence-corrected chi connectivity index (χ1v) is 7.34. The van der Waals surface area contributed by atoms with Crippen LogP contribution in [0.5, 0.6) is 0 Å². The number of benzene rings is 1. The number of carbonyl (C=O) groups excluding carboxylic acids is 2. The third-order valence-corrected chi connectivity index (χ3v) is 4.05. The van der Waals surface area contributed by atoms with E-state index < -0.39 is 0 Å². The number of rotatable bonds is 3. The second-order valence-corrected chi connectivity index (χ2v) is 5.57. The van der Waals surface area contributed by atoms with Crippen LogP contribution in [0.25, 0.3) is 0 Å². The molecule has 1 aromatic carbocycles. The number of aryl methyl sites for hydroxylation is 1. The fourth-order valence-corrected chi connectivity index (χ4v) is 2.60. The van der Waals surface area contributed by atoms with Gasteiger partial charge in [-0.1, -0.05) is 15.9 Å². The maximum atomic E-state index is 13.2. The first-order valence-electron chi connectivity index (χ1n) is 6.54. The van der Waals surface area contributed by atoms with Gasteiger partial charge in [0.1, 0.15) is 5.82 Å². The maximum Gasteiger partial charge on any atom is 0.222 e. The minimum absolute atomic E-state index is 0.00217. The van der Waals surface area contributed by atoms with Crippen molar-refractivity contribution in [2.24, 2.45) is 0 Å². The second kappa shape index (κ2) is 6.83. The topological polar surface area (TPSA) is 49.4 Å². The average molecular weight is 343 g/mol. The van der Waals surface area contributed by atoms with Crippen molar-refractivity contribution in [1.29, 1.82) is 0 Å². The summed E-state index contributed by atoms with van der Waals surface area (Å²) in [5, 5.41) is 2.73. The Morgan fingerprint density at radius 3 is 3.00 bits per heavy atom. The Morgan fingerprint density at radius 1 is 1.40 bits per heavy atom. The number of hydrogen-bond acceptors (Lipinski definition) is 2. The molecule has 1 saturated heterocycles. The minimum atomic E-state index is -0.305. The van der Waals surface area contributed by atoms with Crippen LogP contribution in [0, 0.1) is 5.82 Å². The monoisotopic (exact) mass is 342 g/mol. The van der Waals surface area contributed by atoms with E-state index in [0.29, 0.717) is 38.9 Å². The van der Waals surface area contributed by atoms with Gasteiger partial charge in [-0.15, -0.1) is 0 Å². The molecule has 0 unspecified atom stereocenters. The molecule has 2 amide bonds. The molecule has 1 heterocycles. The standard InChI is InChI=1S/C14H16BrFN2O2/c15-12-3-2-11(16)9-10(12)1-4-14(20)18-7-5-13(19)17-6-8-18/h2-3,9H,1,4-8H2,(H,17,19). The fraction of sp³-hybridized carbons (Fsp3) is 0.429. The van der Waals surface area contributed by atoms with E-state index in [2.05, 4.69) is 21.2 Å². The minimum Gasteiger partial charge on any atom is -0.354 e. The molecule has 0 radical (unpaired) electrons. The van der Waals surface area contributed by atoms with Gasteiger partial charge in [0.15, 0.2) is 0 Å². The predicted octanol–water partition coefficient (Wildman–Crippen LogP) is 1.87. The van der Waals surface area contributed by atoms with Crippen molar-refractivity contribution in [3.05, 3.63) is 34.1 Å². The van der Waals surface area contributed by atoms with Crippen LogP contribution in [0.4, 0.5) is 4.39 Å². The first-order chi connectivity index (χ1) is 9.56. The van der Waals surface area contributed by atoms with Crippen LogP contribution < -0.4 is 5.32 Å². The van der Waals surface area contributed by atoms with E-state index in [1.807, 2.05) is 0 Å². The lowest BCUT2D eigenvalue weighted by Gasteiger charge is -2.19. The summed E-state index contributed by atoms with van der Waals surface area (Å²) in [6.07, 6.45) is 1.14.